The predicted molar refractivity (Wildman–Crippen MR) is 81.2 cm³/mol. The fraction of sp³-hybridized carbons (Fsp3) is 0.533. The number of nitrogens with one attached hydrogen (secondary N) is 2. The number of alkyl halides is 3. The summed E-state index contributed by atoms with van der Waals surface area (Å²) in [4.78, 5) is 28.1. The number of aliphatic hydroxyl groups is 1. The van der Waals surface area contributed by atoms with E-state index in [0.717, 1.165) is 12.3 Å². The molecular formula is C15H19F3N4O3. The Balaban J connectivity index is 1.90. The maximum atomic E-state index is 12.6. The van der Waals surface area contributed by atoms with Crippen molar-refractivity contribution >= 4 is 11.9 Å². The number of amides is 3. The number of aromatic nitrogens is 1. The van der Waals surface area contributed by atoms with Crippen molar-refractivity contribution in [3.05, 3.63) is 29.6 Å². The molecule has 1 saturated heterocycles. The molecule has 0 radical (unpaired) electrons. The van der Waals surface area contributed by atoms with E-state index < -0.39 is 24.0 Å². The molecule has 2 atom stereocenters. The lowest BCUT2D eigenvalue weighted by molar-refractivity contribution is -0.141. The Kier molecular flexibility index (Phi) is 5.83. The average molecular weight is 360 g/mol. The van der Waals surface area contributed by atoms with E-state index in [0.29, 0.717) is 0 Å². The van der Waals surface area contributed by atoms with Crippen molar-refractivity contribution < 1.29 is 27.9 Å². The minimum atomic E-state index is -4.55. The third-order valence-corrected chi connectivity index (χ3v) is 3.98. The summed E-state index contributed by atoms with van der Waals surface area (Å²) < 4.78 is 37.8. The van der Waals surface area contributed by atoms with Crippen molar-refractivity contribution in [2.24, 2.45) is 5.92 Å². The molecule has 138 valence electrons. The third-order valence-electron chi connectivity index (χ3n) is 3.98. The number of hydrogen-bond acceptors (Lipinski definition) is 4. The lowest BCUT2D eigenvalue weighted by Gasteiger charge is -2.17. The number of urea groups is 1. The van der Waals surface area contributed by atoms with Gasteiger partial charge in [0.15, 0.2) is 0 Å². The van der Waals surface area contributed by atoms with Crippen molar-refractivity contribution in [2.45, 2.75) is 25.2 Å². The molecule has 10 heteroatoms. The minimum absolute atomic E-state index is 0.0671. The van der Waals surface area contributed by atoms with E-state index in [4.69, 9.17) is 0 Å². The molecule has 0 saturated carbocycles. The Bertz CT molecular complexity index is 639. The van der Waals surface area contributed by atoms with Crippen LogP contribution in [0.2, 0.25) is 0 Å². The Labute approximate surface area is 142 Å². The van der Waals surface area contributed by atoms with Gasteiger partial charge in [0.05, 0.1) is 6.10 Å². The molecule has 1 fully saturated rings. The maximum absolute atomic E-state index is 12.6. The van der Waals surface area contributed by atoms with E-state index >= 15 is 0 Å². The fourth-order valence-corrected chi connectivity index (χ4v) is 2.59. The molecule has 25 heavy (non-hydrogen) atoms. The van der Waals surface area contributed by atoms with Crippen LogP contribution < -0.4 is 10.6 Å². The van der Waals surface area contributed by atoms with Crippen LogP contribution in [0.5, 0.6) is 0 Å². The second kappa shape index (κ2) is 7.68. The molecule has 0 bridgehead atoms. The summed E-state index contributed by atoms with van der Waals surface area (Å²) in [7, 11) is 1.48. The zero-order chi connectivity index (χ0) is 18.6. The van der Waals surface area contributed by atoms with Crippen LogP contribution in [0.4, 0.5) is 18.0 Å². The van der Waals surface area contributed by atoms with Crippen LogP contribution in [0.3, 0.4) is 0 Å². The maximum Gasteiger partial charge on any atom is 0.433 e. The smallest absolute Gasteiger partial charge is 0.391 e. The fourth-order valence-electron chi connectivity index (χ4n) is 2.59. The number of hydrogen-bond donors (Lipinski definition) is 3. The van der Waals surface area contributed by atoms with Crippen LogP contribution in [0.15, 0.2) is 18.3 Å². The second-order valence-electron chi connectivity index (χ2n) is 5.82. The molecule has 0 spiro atoms. The number of aliphatic hydroxyl groups excluding tert-OH is 1. The number of nitrogens with zero attached hydrogens (tertiary/aromatic N) is 2. The summed E-state index contributed by atoms with van der Waals surface area (Å²) in [6.45, 7) is 0.166. The summed E-state index contributed by atoms with van der Waals surface area (Å²) >= 11 is 0. The third kappa shape index (κ3) is 5.05. The molecule has 0 unspecified atom stereocenters. The second-order valence-corrected chi connectivity index (χ2v) is 5.82. The predicted octanol–water partition coefficient (Wildman–Crippen LogP) is 0.739. The summed E-state index contributed by atoms with van der Waals surface area (Å²) in [5.74, 6) is -0.605. The van der Waals surface area contributed by atoms with Crippen LogP contribution >= 0.6 is 0 Å². The van der Waals surface area contributed by atoms with Crippen molar-refractivity contribution in [3.8, 4) is 0 Å². The molecular weight excluding hydrogens is 341 g/mol. The SMILES string of the molecule is CNC(=O)C[C@@H]1CN(C(=O)NCc2ccnc(C(F)(F)F)c2)C[C@H]1O. The Hall–Kier alpha value is -2.36. The van der Waals surface area contributed by atoms with Gasteiger partial charge in [-0.3, -0.25) is 9.78 Å². The first kappa shape index (κ1) is 19.0. The molecule has 1 aromatic heterocycles. The molecule has 7 nitrogen and oxygen atoms in total. The molecule has 1 aliphatic heterocycles. The first-order valence-electron chi connectivity index (χ1n) is 7.64. The normalized spacial score (nSPS) is 20.4. The van der Waals surface area contributed by atoms with Gasteiger partial charge in [-0.15, -0.1) is 0 Å². The highest BCUT2D eigenvalue weighted by atomic mass is 19.4. The average Bonchev–Trinajstić information content (AvgIpc) is 2.93. The lowest BCUT2D eigenvalue weighted by atomic mass is 10.0. The zero-order valence-electron chi connectivity index (χ0n) is 13.5. The van der Waals surface area contributed by atoms with Gasteiger partial charge >= 0.3 is 12.2 Å². The number of rotatable bonds is 4. The van der Waals surface area contributed by atoms with Crippen molar-refractivity contribution in [1.82, 2.24) is 20.5 Å². The number of carbonyl (C=O) groups is 2. The van der Waals surface area contributed by atoms with Crippen molar-refractivity contribution in [1.29, 1.82) is 0 Å². The first-order chi connectivity index (χ1) is 11.7. The summed E-state index contributed by atoms with van der Waals surface area (Å²) in [5.41, 5.74) is -0.765. The van der Waals surface area contributed by atoms with Crippen molar-refractivity contribution in [3.63, 3.8) is 0 Å². The van der Waals surface area contributed by atoms with Crippen LogP contribution in [-0.4, -0.2) is 53.2 Å². The number of halogens is 3. The van der Waals surface area contributed by atoms with Gasteiger partial charge in [-0.25, -0.2) is 4.79 Å². The first-order valence-corrected chi connectivity index (χ1v) is 7.64. The zero-order valence-corrected chi connectivity index (χ0v) is 13.5. The van der Waals surface area contributed by atoms with Gasteiger partial charge in [-0.1, -0.05) is 0 Å². The van der Waals surface area contributed by atoms with E-state index in [9.17, 15) is 27.9 Å². The van der Waals surface area contributed by atoms with Crippen LogP contribution in [0.25, 0.3) is 0 Å². The monoisotopic (exact) mass is 360 g/mol. The number of likely N-dealkylation sites (tertiary alicyclic amines) is 1. The Morgan fingerprint density at radius 1 is 1.40 bits per heavy atom. The van der Waals surface area contributed by atoms with Gasteiger partial charge in [0.1, 0.15) is 5.69 Å². The molecule has 2 heterocycles. The van der Waals surface area contributed by atoms with Crippen molar-refractivity contribution in [2.75, 3.05) is 20.1 Å². The summed E-state index contributed by atoms with van der Waals surface area (Å²) in [5, 5.41) is 14.9. The molecule has 1 aromatic rings. The van der Waals surface area contributed by atoms with E-state index in [2.05, 4.69) is 15.6 Å². The number of pyridine rings is 1. The molecule has 3 amide bonds. The van der Waals surface area contributed by atoms with Gasteiger partial charge in [-0.2, -0.15) is 13.2 Å². The standard InChI is InChI=1S/C15H19F3N4O3/c1-19-13(24)5-10-7-22(8-11(10)23)14(25)21-6-9-2-3-20-12(4-9)15(16,17)18/h2-4,10-11,23H,5-8H2,1H3,(H,19,24)(H,21,25)/t10-,11-/m1/s1. The van der Waals surface area contributed by atoms with E-state index in [-0.39, 0.29) is 43.4 Å². The molecule has 2 rings (SSSR count). The van der Waals surface area contributed by atoms with Crippen LogP contribution in [-0.2, 0) is 17.5 Å². The molecule has 0 aliphatic carbocycles. The van der Waals surface area contributed by atoms with E-state index in [1.165, 1.54) is 18.0 Å². The quantitative estimate of drug-likeness (QED) is 0.738. The molecule has 1 aliphatic rings. The number of β-amino-alcohol motifs (C(OH)–C–C–N with tert-alkyl or cyclic N) is 1. The highest BCUT2D eigenvalue weighted by Gasteiger charge is 2.35. The molecule has 0 aromatic carbocycles. The van der Waals surface area contributed by atoms with E-state index in [1.807, 2.05) is 0 Å². The van der Waals surface area contributed by atoms with Gasteiger partial charge < -0.3 is 20.6 Å². The Morgan fingerprint density at radius 3 is 2.76 bits per heavy atom. The van der Waals surface area contributed by atoms with Gasteiger partial charge in [0.25, 0.3) is 0 Å². The largest absolute Gasteiger partial charge is 0.433 e. The van der Waals surface area contributed by atoms with Gasteiger partial charge in [0, 0.05) is 45.2 Å². The van der Waals surface area contributed by atoms with Gasteiger partial charge in [-0.05, 0) is 17.7 Å². The highest BCUT2D eigenvalue weighted by molar-refractivity contribution is 5.77. The lowest BCUT2D eigenvalue weighted by Crippen LogP contribution is -2.38. The van der Waals surface area contributed by atoms with Crippen LogP contribution in [0.1, 0.15) is 17.7 Å². The van der Waals surface area contributed by atoms with E-state index in [1.54, 1.807) is 0 Å². The number of carbonyl (C=O) groups excluding carboxylic acids is 2. The molecule has 3 N–H and O–H groups in total. The van der Waals surface area contributed by atoms with Gasteiger partial charge in [0.2, 0.25) is 5.91 Å². The summed E-state index contributed by atoms with van der Waals surface area (Å²) in [6, 6.07) is 1.74. The van der Waals surface area contributed by atoms with Crippen LogP contribution in [0, 0.1) is 5.92 Å². The highest BCUT2D eigenvalue weighted by Crippen LogP contribution is 2.27. The summed E-state index contributed by atoms with van der Waals surface area (Å²) in [6.07, 6.45) is -4.24. The topological polar surface area (TPSA) is 94.6 Å². The minimum Gasteiger partial charge on any atom is -0.391 e. The Morgan fingerprint density at radius 2 is 2.12 bits per heavy atom.